The number of halogens is 1. The van der Waals surface area contributed by atoms with E-state index in [0.717, 1.165) is 51.3 Å². The summed E-state index contributed by atoms with van der Waals surface area (Å²) < 4.78 is 5.04. The van der Waals surface area contributed by atoms with E-state index in [1.54, 1.807) is 7.05 Å². The molecule has 1 saturated heterocycles. The Bertz CT molecular complexity index is 718. The van der Waals surface area contributed by atoms with Crippen LogP contribution >= 0.6 is 24.0 Å². The number of rotatable bonds is 8. The Labute approximate surface area is 203 Å². The summed E-state index contributed by atoms with van der Waals surface area (Å²) in [5.74, 6) is 1.34. The van der Waals surface area contributed by atoms with Gasteiger partial charge in [-0.3, -0.25) is 9.89 Å². The molecular weight excluding hydrogens is 505 g/mol. The number of nitrogens with zero attached hydrogens (tertiary/aromatic N) is 2. The van der Waals surface area contributed by atoms with Crippen LogP contribution in [0, 0.1) is 12.8 Å². The third kappa shape index (κ3) is 8.84. The van der Waals surface area contributed by atoms with Gasteiger partial charge in [0.25, 0.3) is 0 Å². The van der Waals surface area contributed by atoms with E-state index in [4.69, 9.17) is 4.74 Å². The fourth-order valence-corrected chi connectivity index (χ4v) is 4.06. The maximum atomic E-state index is 11.8. The number of alkyl carbamates (subject to hydrolysis) is 1. The number of aliphatic imine (C=N–C) groups is 1. The van der Waals surface area contributed by atoms with Crippen LogP contribution in [0.5, 0.6) is 0 Å². The summed E-state index contributed by atoms with van der Waals surface area (Å²) in [6.45, 7) is 8.20. The molecular formula is C23H38IN5O2. The van der Waals surface area contributed by atoms with Gasteiger partial charge in [0.05, 0.1) is 12.6 Å². The first-order valence-corrected chi connectivity index (χ1v) is 11.3. The molecule has 0 bridgehead atoms. The molecule has 0 radical (unpaired) electrons. The number of guanidine groups is 1. The van der Waals surface area contributed by atoms with Crippen LogP contribution < -0.4 is 16.0 Å². The number of carbonyl (C=O) groups excluding carboxylic acids is 1. The molecule has 1 unspecified atom stereocenters. The number of benzene rings is 1. The molecule has 174 valence electrons. The second kappa shape index (κ2) is 13.1. The standard InChI is InChI=1S/C23H37N5O2.HI/c1-4-30-23(29)27-21(19-8-9-19)15-25-22(24-3)26-20-10-12-28(13-11-20)16-18-7-5-6-17(2)14-18;/h5-7,14,19-21H,4,8-13,15-16H2,1-3H3,(H,27,29)(H2,24,25,26);1H. The number of hydrogen-bond donors (Lipinski definition) is 3. The average Bonchev–Trinajstić information content (AvgIpc) is 3.57. The molecule has 1 aromatic carbocycles. The van der Waals surface area contributed by atoms with E-state index in [1.165, 1.54) is 11.1 Å². The zero-order valence-electron chi connectivity index (χ0n) is 19.0. The molecule has 31 heavy (non-hydrogen) atoms. The van der Waals surface area contributed by atoms with Crippen molar-refractivity contribution >= 4 is 36.0 Å². The van der Waals surface area contributed by atoms with Gasteiger partial charge in [-0.05, 0) is 51.0 Å². The van der Waals surface area contributed by atoms with Gasteiger partial charge in [-0.1, -0.05) is 29.8 Å². The smallest absolute Gasteiger partial charge is 0.407 e. The third-order valence-corrected chi connectivity index (χ3v) is 5.90. The molecule has 1 aliphatic heterocycles. The van der Waals surface area contributed by atoms with Crippen LogP contribution in [0.2, 0.25) is 0 Å². The van der Waals surface area contributed by atoms with Crippen LogP contribution in [0.4, 0.5) is 4.79 Å². The van der Waals surface area contributed by atoms with Crippen molar-refractivity contribution in [3.63, 3.8) is 0 Å². The summed E-state index contributed by atoms with van der Waals surface area (Å²) in [5, 5.41) is 9.94. The van der Waals surface area contributed by atoms with Gasteiger partial charge in [0.15, 0.2) is 5.96 Å². The number of carbonyl (C=O) groups is 1. The Hall–Kier alpha value is -1.55. The Morgan fingerprint density at radius 2 is 2.00 bits per heavy atom. The first-order valence-electron chi connectivity index (χ1n) is 11.3. The van der Waals surface area contributed by atoms with E-state index >= 15 is 0 Å². The Morgan fingerprint density at radius 1 is 1.26 bits per heavy atom. The summed E-state index contributed by atoms with van der Waals surface area (Å²) in [6, 6.07) is 9.27. The van der Waals surface area contributed by atoms with Crippen LogP contribution in [0.15, 0.2) is 29.3 Å². The highest BCUT2D eigenvalue weighted by Gasteiger charge is 2.32. The van der Waals surface area contributed by atoms with Crippen LogP contribution in [-0.2, 0) is 11.3 Å². The predicted molar refractivity (Wildman–Crippen MR) is 136 cm³/mol. The molecule has 0 spiro atoms. The average molecular weight is 543 g/mol. The minimum atomic E-state index is -0.333. The number of aryl methyl sites for hydroxylation is 1. The second-order valence-electron chi connectivity index (χ2n) is 8.45. The fraction of sp³-hybridized carbons (Fsp3) is 0.652. The predicted octanol–water partition coefficient (Wildman–Crippen LogP) is 3.27. The van der Waals surface area contributed by atoms with Gasteiger partial charge >= 0.3 is 6.09 Å². The molecule has 7 nitrogen and oxygen atoms in total. The number of nitrogens with one attached hydrogen (secondary N) is 3. The molecule has 1 saturated carbocycles. The van der Waals surface area contributed by atoms with Crippen molar-refractivity contribution in [1.29, 1.82) is 0 Å². The number of ether oxygens (including phenoxy) is 1. The summed E-state index contributed by atoms with van der Waals surface area (Å²) in [7, 11) is 1.80. The lowest BCUT2D eigenvalue weighted by Crippen LogP contribution is -2.52. The minimum Gasteiger partial charge on any atom is -0.450 e. The van der Waals surface area contributed by atoms with Crippen LogP contribution in [0.3, 0.4) is 0 Å². The Balaban J connectivity index is 0.00000341. The minimum absolute atomic E-state index is 0. The van der Waals surface area contributed by atoms with Gasteiger partial charge in [0.1, 0.15) is 0 Å². The van der Waals surface area contributed by atoms with Gasteiger partial charge in [-0.15, -0.1) is 24.0 Å². The molecule has 1 heterocycles. The van der Waals surface area contributed by atoms with E-state index < -0.39 is 0 Å². The van der Waals surface area contributed by atoms with Crippen molar-refractivity contribution in [2.45, 2.75) is 58.2 Å². The highest BCUT2D eigenvalue weighted by Crippen LogP contribution is 2.32. The Morgan fingerprint density at radius 3 is 2.61 bits per heavy atom. The number of amides is 1. The lowest BCUT2D eigenvalue weighted by molar-refractivity contribution is 0.146. The van der Waals surface area contributed by atoms with Crippen molar-refractivity contribution in [3.8, 4) is 0 Å². The van der Waals surface area contributed by atoms with Gasteiger partial charge < -0.3 is 20.7 Å². The normalized spacial score (nSPS) is 18.6. The van der Waals surface area contributed by atoms with E-state index in [1.807, 2.05) is 6.92 Å². The molecule has 1 aromatic rings. The summed E-state index contributed by atoms with van der Waals surface area (Å²) in [6.07, 6.45) is 4.17. The van der Waals surface area contributed by atoms with Crippen LogP contribution in [0.1, 0.15) is 43.7 Å². The molecule has 0 aromatic heterocycles. The van der Waals surface area contributed by atoms with Crippen molar-refractivity contribution in [3.05, 3.63) is 35.4 Å². The lowest BCUT2D eigenvalue weighted by atomic mass is 10.0. The summed E-state index contributed by atoms with van der Waals surface area (Å²) in [4.78, 5) is 18.7. The number of likely N-dealkylation sites (tertiary alicyclic amines) is 1. The SMILES string of the molecule is CCOC(=O)NC(CNC(=NC)NC1CCN(Cc2cccc(C)c2)CC1)C1CC1.I. The summed E-state index contributed by atoms with van der Waals surface area (Å²) >= 11 is 0. The zero-order chi connectivity index (χ0) is 21.3. The van der Waals surface area contributed by atoms with Crippen molar-refractivity contribution in [2.75, 3.05) is 33.3 Å². The molecule has 2 aliphatic rings. The van der Waals surface area contributed by atoms with E-state index in [0.29, 0.717) is 25.1 Å². The van der Waals surface area contributed by atoms with Crippen LogP contribution in [0.25, 0.3) is 0 Å². The molecule has 1 aliphatic carbocycles. The van der Waals surface area contributed by atoms with Crippen molar-refractivity contribution < 1.29 is 9.53 Å². The van der Waals surface area contributed by atoms with Crippen molar-refractivity contribution in [1.82, 2.24) is 20.9 Å². The maximum Gasteiger partial charge on any atom is 0.407 e. The van der Waals surface area contributed by atoms with E-state index in [9.17, 15) is 4.79 Å². The maximum absolute atomic E-state index is 11.8. The molecule has 3 rings (SSSR count). The topological polar surface area (TPSA) is 78.0 Å². The monoisotopic (exact) mass is 543 g/mol. The van der Waals surface area contributed by atoms with E-state index in [-0.39, 0.29) is 36.1 Å². The third-order valence-electron chi connectivity index (χ3n) is 5.90. The van der Waals surface area contributed by atoms with Gasteiger partial charge in [-0.25, -0.2) is 4.79 Å². The van der Waals surface area contributed by atoms with Crippen molar-refractivity contribution in [2.24, 2.45) is 10.9 Å². The lowest BCUT2D eigenvalue weighted by Gasteiger charge is -2.33. The molecule has 1 atom stereocenters. The summed E-state index contributed by atoms with van der Waals surface area (Å²) in [5.41, 5.74) is 2.71. The highest BCUT2D eigenvalue weighted by atomic mass is 127. The quantitative estimate of drug-likeness (QED) is 0.267. The second-order valence-corrected chi connectivity index (χ2v) is 8.45. The van der Waals surface area contributed by atoms with Crippen LogP contribution in [-0.4, -0.2) is 62.3 Å². The largest absolute Gasteiger partial charge is 0.450 e. The molecule has 8 heteroatoms. The zero-order valence-corrected chi connectivity index (χ0v) is 21.4. The Kier molecular flexibility index (Phi) is 10.9. The first kappa shape index (κ1) is 25.7. The molecule has 2 fully saturated rings. The molecule has 3 N–H and O–H groups in total. The van der Waals surface area contributed by atoms with E-state index in [2.05, 4.69) is 57.0 Å². The molecule has 1 amide bonds. The number of hydrogen-bond acceptors (Lipinski definition) is 4. The first-order chi connectivity index (χ1) is 14.6. The highest BCUT2D eigenvalue weighted by molar-refractivity contribution is 14.0. The fourth-order valence-electron chi connectivity index (χ4n) is 4.06. The van der Waals surface area contributed by atoms with Gasteiger partial charge in [0.2, 0.25) is 0 Å². The number of piperidine rings is 1. The van der Waals surface area contributed by atoms with Gasteiger partial charge in [-0.2, -0.15) is 0 Å². The van der Waals surface area contributed by atoms with Gasteiger partial charge in [0, 0.05) is 39.3 Å².